The van der Waals surface area contributed by atoms with Gasteiger partial charge in [-0.25, -0.2) is 0 Å². The van der Waals surface area contributed by atoms with Crippen molar-refractivity contribution in [3.05, 3.63) is 11.8 Å². The van der Waals surface area contributed by atoms with Crippen LogP contribution in [0.5, 0.6) is 0 Å². The molecule has 15 heavy (non-hydrogen) atoms. The van der Waals surface area contributed by atoms with Gasteiger partial charge in [0.15, 0.2) is 5.76 Å². The Bertz CT molecular complexity index is 273. The molecule has 0 heterocycles. The fourth-order valence-electron chi connectivity index (χ4n) is 0.778. The Morgan fingerprint density at radius 3 is 2.20 bits per heavy atom. The quantitative estimate of drug-likeness (QED) is 0.465. The molecule has 2 amide bonds. The van der Waals surface area contributed by atoms with Gasteiger partial charge in [0.05, 0.1) is 12.7 Å². The molecule has 0 fully saturated rings. The summed E-state index contributed by atoms with van der Waals surface area (Å²) in [5, 5.41) is 17.8. The number of aliphatic hydroxyl groups excluding tert-OH is 2. The van der Waals surface area contributed by atoms with Crippen LogP contribution in [0.1, 0.15) is 0 Å². The van der Waals surface area contributed by atoms with E-state index in [4.69, 9.17) is 5.11 Å². The van der Waals surface area contributed by atoms with Crippen LogP contribution >= 0.6 is 0 Å². The number of aliphatic hydroxyl groups is 2. The third-order valence-corrected chi connectivity index (χ3v) is 1.70. The first-order valence-electron chi connectivity index (χ1n) is 4.38. The van der Waals surface area contributed by atoms with Crippen molar-refractivity contribution in [3.63, 3.8) is 0 Å². The highest BCUT2D eigenvalue weighted by atomic mass is 16.3. The van der Waals surface area contributed by atoms with Crippen molar-refractivity contribution in [2.45, 2.75) is 0 Å². The minimum absolute atomic E-state index is 0.152. The van der Waals surface area contributed by atoms with Crippen LogP contribution in [0.3, 0.4) is 0 Å². The maximum absolute atomic E-state index is 11.3. The Morgan fingerprint density at radius 1 is 1.27 bits per heavy atom. The number of carbonyl (C=O) groups is 2. The third-order valence-electron chi connectivity index (χ3n) is 1.70. The van der Waals surface area contributed by atoms with E-state index in [0.717, 1.165) is 11.0 Å². The molecule has 0 aliphatic heterocycles. The van der Waals surface area contributed by atoms with Crippen LogP contribution in [0, 0.1) is 0 Å². The van der Waals surface area contributed by atoms with Gasteiger partial charge in [0.25, 0.3) is 5.91 Å². The van der Waals surface area contributed by atoms with Crippen LogP contribution in [-0.4, -0.2) is 66.1 Å². The third kappa shape index (κ3) is 4.46. The average Bonchev–Trinajstić information content (AvgIpc) is 2.16. The maximum atomic E-state index is 11.3. The van der Waals surface area contributed by atoms with Crippen molar-refractivity contribution in [2.75, 3.05) is 34.3 Å². The first-order chi connectivity index (χ1) is 6.90. The lowest BCUT2D eigenvalue weighted by atomic mass is 10.3. The van der Waals surface area contributed by atoms with Crippen LogP contribution in [0.25, 0.3) is 0 Å². The highest BCUT2D eigenvalue weighted by Gasteiger charge is 2.13. The number of nitrogens with zero attached hydrogens (tertiary/aromatic N) is 2. The first-order valence-corrected chi connectivity index (χ1v) is 4.38. The second-order valence-corrected chi connectivity index (χ2v) is 3.21. The Kier molecular flexibility index (Phi) is 5.40. The van der Waals surface area contributed by atoms with Crippen LogP contribution in [0.4, 0.5) is 0 Å². The molecule has 0 spiro atoms. The van der Waals surface area contributed by atoms with Gasteiger partial charge in [0.2, 0.25) is 5.91 Å². The summed E-state index contributed by atoms with van der Waals surface area (Å²) in [5.74, 6) is -1.78. The summed E-state index contributed by atoms with van der Waals surface area (Å²) < 4.78 is 0. The van der Waals surface area contributed by atoms with Gasteiger partial charge >= 0.3 is 0 Å². The first kappa shape index (κ1) is 13.4. The van der Waals surface area contributed by atoms with E-state index >= 15 is 0 Å². The topological polar surface area (TPSA) is 81.1 Å². The lowest BCUT2D eigenvalue weighted by Gasteiger charge is -2.14. The Balaban J connectivity index is 4.48. The van der Waals surface area contributed by atoms with Crippen molar-refractivity contribution in [3.8, 4) is 0 Å². The van der Waals surface area contributed by atoms with E-state index < -0.39 is 17.6 Å². The van der Waals surface area contributed by atoms with Crippen LogP contribution in [0.2, 0.25) is 0 Å². The summed E-state index contributed by atoms with van der Waals surface area (Å²) in [4.78, 5) is 24.8. The van der Waals surface area contributed by atoms with Gasteiger partial charge < -0.3 is 20.0 Å². The summed E-state index contributed by atoms with van der Waals surface area (Å²) in [5.41, 5.74) is 0. The minimum atomic E-state index is -0.638. The van der Waals surface area contributed by atoms with Gasteiger partial charge in [-0.3, -0.25) is 9.59 Å². The number of rotatable bonds is 4. The summed E-state index contributed by atoms with van der Waals surface area (Å²) in [6.07, 6.45) is 0.831. The molecular weight excluding hydrogens is 200 g/mol. The largest absolute Gasteiger partial charge is 0.503 e. The molecule has 0 radical (unpaired) electrons. The van der Waals surface area contributed by atoms with Gasteiger partial charge in [-0.15, -0.1) is 0 Å². The zero-order valence-corrected chi connectivity index (χ0v) is 9.10. The Labute approximate surface area is 88.4 Å². The molecule has 0 bridgehead atoms. The summed E-state index contributed by atoms with van der Waals surface area (Å²) >= 11 is 0. The van der Waals surface area contributed by atoms with E-state index in [1.54, 1.807) is 0 Å². The van der Waals surface area contributed by atoms with E-state index in [9.17, 15) is 14.7 Å². The van der Waals surface area contributed by atoms with Gasteiger partial charge in [0, 0.05) is 27.7 Å². The van der Waals surface area contributed by atoms with E-state index in [0.29, 0.717) is 0 Å². The summed E-state index contributed by atoms with van der Waals surface area (Å²) in [6.45, 7) is -0.0166. The van der Waals surface area contributed by atoms with E-state index in [1.165, 1.54) is 26.0 Å². The molecule has 0 aromatic rings. The fourth-order valence-corrected chi connectivity index (χ4v) is 0.778. The predicted octanol–water partition coefficient (Wildman–Crippen LogP) is -1.03. The van der Waals surface area contributed by atoms with Gasteiger partial charge in [0.1, 0.15) is 0 Å². The summed E-state index contributed by atoms with van der Waals surface area (Å²) in [6, 6.07) is 0. The van der Waals surface area contributed by atoms with Crippen molar-refractivity contribution in [2.24, 2.45) is 0 Å². The lowest BCUT2D eigenvalue weighted by molar-refractivity contribution is -0.129. The molecule has 0 saturated heterocycles. The Hall–Kier alpha value is -1.56. The molecule has 2 N–H and O–H groups in total. The normalized spacial score (nSPS) is 11.1. The highest BCUT2D eigenvalue weighted by molar-refractivity contribution is 5.98. The van der Waals surface area contributed by atoms with Crippen LogP contribution in [0.15, 0.2) is 11.8 Å². The molecule has 6 nitrogen and oxygen atoms in total. The fraction of sp³-hybridized carbons (Fsp3) is 0.556. The second-order valence-electron chi connectivity index (χ2n) is 3.21. The van der Waals surface area contributed by atoms with Gasteiger partial charge in [-0.05, 0) is 0 Å². The number of hydrogen-bond donors (Lipinski definition) is 2. The number of carbonyl (C=O) groups excluding carboxylic acids is 2. The molecule has 0 rings (SSSR count). The summed E-state index contributed by atoms with van der Waals surface area (Å²) in [7, 11) is 4.39. The van der Waals surface area contributed by atoms with Crippen molar-refractivity contribution in [1.82, 2.24) is 9.80 Å². The second kappa shape index (κ2) is 6.02. The molecule has 0 unspecified atom stereocenters. The molecule has 6 heteroatoms. The maximum Gasteiger partial charge on any atom is 0.288 e. The molecule has 0 aliphatic carbocycles. The predicted molar refractivity (Wildman–Crippen MR) is 54.1 cm³/mol. The van der Waals surface area contributed by atoms with Crippen molar-refractivity contribution in [1.29, 1.82) is 0 Å². The molecule has 0 saturated carbocycles. The van der Waals surface area contributed by atoms with Crippen molar-refractivity contribution < 1.29 is 19.8 Å². The van der Waals surface area contributed by atoms with E-state index in [1.807, 2.05) is 0 Å². The van der Waals surface area contributed by atoms with Crippen LogP contribution < -0.4 is 0 Å². The smallest absolute Gasteiger partial charge is 0.288 e. The molecule has 86 valence electrons. The zero-order chi connectivity index (χ0) is 12.0. The zero-order valence-electron chi connectivity index (χ0n) is 9.10. The molecule has 0 aliphatic rings. The van der Waals surface area contributed by atoms with Crippen molar-refractivity contribution >= 4 is 11.8 Å². The average molecular weight is 216 g/mol. The highest BCUT2D eigenvalue weighted by Crippen LogP contribution is 1.96. The molecule has 0 aromatic heterocycles. The SMILES string of the molecule is CN(C)C(=O)/C(O)=C/C(=O)N(C)CCO. The number of amides is 2. The standard InChI is InChI=1S/C9H16N2O4/c1-10(2)9(15)7(13)6-8(14)11(3)4-5-12/h6,12-13H,4-5H2,1-3H3/b7-6-. The van der Waals surface area contributed by atoms with Gasteiger partial charge in [-0.2, -0.15) is 0 Å². The number of likely N-dealkylation sites (N-methyl/N-ethyl adjacent to an activating group) is 2. The molecule has 0 aromatic carbocycles. The minimum Gasteiger partial charge on any atom is -0.503 e. The molecular formula is C9H16N2O4. The molecule has 0 atom stereocenters. The monoisotopic (exact) mass is 216 g/mol. The Morgan fingerprint density at radius 2 is 1.80 bits per heavy atom. The van der Waals surface area contributed by atoms with Gasteiger partial charge in [-0.1, -0.05) is 0 Å². The van der Waals surface area contributed by atoms with Crippen LogP contribution in [-0.2, 0) is 9.59 Å². The van der Waals surface area contributed by atoms with E-state index in [2.05, 4.69) is 0 Å². The van der Waals surface area contributed by atoms with E-state index in [-0.39, 0.29) is 13.2 Å². The number of hydrogen-bond acceptors (Lipinski definition) is 4. The lowest BCUT2D eigenvalue weighted by Crippen LogP contribution is -2.30.